The van der Waals surface area contributed by atoms with E-state index in [1.165, 1.54) is 6.07 Å². The number of benzene rings is 1. The van der Waals surface area contributed by atoms with E-state index in [1.807, 2.05) is 19.9 Å². The summed E-state index contributed by atoms with van der Waals surface area (Å²) in [4.78, 5) is 4.51. The fourth-order valence-corrected chi connectivity index (χ4v) is 2.81. The van der Waals surface area contributed by atoms with E-state index in [4.69, 9.17) is 9.47 Å². The monoisotopic (exact) mass is 479 g/mol. The van der Waals surface area contributed by atoms with Crippen LogP contribution < -0.4 is 10.6 Å². The third-order valence-electron chi connectivity index (χ3n) is 4.17. The van der Waals surface area contributed by atoms with Crippen molar-refractivity contribution in [2.24, 2.45) is 4.99 Å². The van der Waals surface area contributed by atoms with Gasteiger partial charge in [0, 0.05) is 19.7 Å². The van der Waals surface area contributed by atoms with Crippen molar-refractivity contribution in [1.29, 1.82) is 0 Å². The SMILES string of the molecule is CCNC(=NCCOCC1CCCO1)NCCc1ccc(F)cc1C.I. The molecule has 2 N–H and O–H groups in total. The fraction of sp³-hybridized carbons (Fsp3) is 0.632. The lowest BCUT2D eigenvalue weighted by Crippen LogP contribution is -2.38. The van der Waals surface area contributed by atoms with Crippen LogP contribution in [0.5, 0.6) is 0 Å². The van der Waals surface area contributed by atoms with E-state index in [0.717, 1.165) is 56.0 Å². The number of nitrogens with zero attached hydrogens (tertiary/aromatic N) is 1. The van der Waals surface area contributed by atoms with Gasteiger partial charge in [0.25, 0.3) is 0 Å². The third kappa shape index (κ3) is 8.64. The number of nitrogens with one attached hydrogen (secondary N) is 2. The predicted molar refractivity (Wildman–Crippen MR) is 114 cm³/mol. The Balaban J connectivity index is 0.00000338. The second kappa shape index (κ2) is 13.3. The second-order valence-electron chi connectivity index (χ2n) is 6.22. The Bertz CT molecular complexity index is 552. The molecule has 2 rings (SSSR count). The van der Waals surface area contributed by atoms with E-state index < -0.39 is 0 Å². The lowest BCUT2D eigenvalue weighted by atomic mass is 10.1. The van der Waals surface area contributed by atoms with Gasteiger partial charge in [0.2, 0.25) is 0 Å². The summed E-state index contributed by atoms with van der Waals surface area (Å²) in [5.41, 5.74) is 2.12. The van der Waals surface area contributed by atoms with Gasteiger partial charge in [-0.2, -0.15) is 0 Å². The average Bonchev–Trinajstić information content (AvgIpc) is 3.10. The zero-order valence-electron chi connectivity index (χ0n) is 15.7. The Morgan fingerprint density at radius 2 is 2.23 bits per heavy atom. The zero-order chi connectivity index (χ0) is 17.9. The van der Waals surface area contributed by atoms with Crippen molar-refractivity contribution in [3.05, 3.63) is 35.1 Å². The molecule has 26 heavy (non-hydrogen) atoms. The van der Waals surface area contributed by atoms with Crippen molar-refractivity contribution in [2.75, 3.05) is 39.5 Å². The van der Waals surface area contributed by atoms with Crippen LogP contribution >= 0.6 is 24.0 Å². The molecular formula is C19H31FIN3O2. The van der Waals surface area contributed by atoms with Gasteiger partial charge in [-0.05, 0) is 56.4 Å². The van der Waals surface area contributed by atoms with Crippen LogP contribution in [0, 0.1) is 12.7 Å². The summed E-state index contributed by atoms with van der Waals surface area (Å²) in [6, 6.07) is 4.92. The molecule has 1 aromatic rings. The topological polar surface area (TPSA) is 54.9 Å². The highest BCUT2D eigenvalue weighted by molar-refractivity contribution is 14.0. The minimum atomic E-state index is -0.188. The number of aryl methyl sites for hydroxylation is 1. The summed E-state index contributed by atoms with van der Waals surface area (Å²) >= 11 is 0. The van der Waals surface area contributed by atoms with Crippen molar-refractivity contribution < 1.29 is 13.9 Å². The van der Waals surface area contributed by atoms with Crippen LogP contribution in [0.1, 0.15) is 30.9 Å². The van der Waals surface area contributed by atoms with E-state index in [9.17, 15) is 4.39 Å². The molecule has 1 aromatic carbocycles. The van der Waals surface area contributed by atoms with Crippen molar-refractivity contribution in [1.82, 2.24) is 10.6 Å². The Hall–Kier alpha value is -0.930. The molecule has 1 atom stereocenters. The van der Waals surface area contributed by atoms with Crippen molar-refractivity contribution in [3.63, 3.8) is 0 Å². The van der Waals surface area contributed by atoms with Crippen LogP contribution in [0.3, 0.4) is 0 Å². The highest BCUT2D eigenvalue weighted by Gasteiger charge is 2.14. The molecule has 0 amide bonds. The van der Waals surface area contributed by atoms with E-state index in [-0.39, 0.29) is 35.9 Å². The van der Waals surface area contributed by atoms with E-state index in [0.29, 0.717) is 19.8 Å². The summed E-state index contributed by atoms with van der Waals surface area (Å²) < 4.78 is 24.3. The maximum atomic E-state index is 13.1. The number of guanidine groups is 1. The molecule has 1 saturated heterocycles. The first-order chi connectivity index (χ1) is 12.2. The number of aliphatic imine (C=N–C) groups is 1. The summed E-state index contributed by atoms with van der Waals surface area (Å²) in [6.45, 7) is 8.23. The Morgan fingerprint density at radius 3 is 2.92 bits per heavy atom. The van der Waals surface area contributed by atoms with Gasteiger partial charge in [0.15, 0.2) is 5.96 Å². The first kappa shape index (κ1) is 23.1. The van der Waals surface area contributed by atoms with Gasteiger partial charge in [-0.3, -0.25) is 4.99 Å². The average molecular weight is 479 g/mol. The molecule has 0 aromatic heterocycles. The molecule has 1 aliphatic heterocycles. The quantitative estimate of drug-likeness (QED) is 0.248. The maximum absolute atomic E-state index is 13.1. The molecule has 0 radical (unpaired) electrons. The van der Waals surface area contributed by atoms with E-state index >= 15 is 0 Å². The van der Waals surface area contributed by atoms with Gasteiger partial charge in [0.1, 0.15) is 5.82 Å². The standard InChI is InChI=1S/C19H30FN3O2.HI/c1-3-21-19(23-10-12-24-14-18-5-4-11-25-18)22-9-8-16-6-7-17(20)13-15(16)2;/h6-7,13,18H,3-5,8-12,14H2,1-2H3,(H2,21,22,23);1H. The molecule has 1 aliphatic rings. The molecule has 148 valence electrons. The van der Waals surface area contributed by atoms with Gasteiger partial charge in [-0.1, -0.05) is 6.07 Å². The third-order valence-corrected chi connectivity index (χ3v) is 4.17. The number of rotatable bonds is 9. The van der Waals surface area contributed by atoms with E-state index in [2.05, 4.69) is 15.6 Å². The van der Waals surface area contributed by atoms with E-state index in [1.54, 1.807) is 6.07 Å². The van der Waals surface area contributed by atoms with Gasteiger partial charge in [0.05, 0.1) is 25.9 Å². The van der Waals surface area contributed by atoms with Gasteiger partial charge in [-0.15, -0.1) is 24.0 Å². The summed E-state index contributed by atoms with van der Waals surface area (Å²) in [5.74, 6) is 0.593. The number of halogens is 2. The van der Waals surface area contributed by atoms with Crippen LogP contribution in [0.4, 0.5) is 4.39 Å². The van der Waals surface area contributed by atoms with Crippen LogP contribution in [-0.4, -0.2) is 51.5 Å². The molecule has 5 nitrogen and oxygen atoms in total. The number of ether oxygens (including phenoxy) is 2. The second-order valence-corrected chi connectivity index (χ2v) is 6.22. The number of hydrogen-bond acceptors (Lipinski definition) is 3. The minimum absolute atomic E-state index is 0. The predicted octanol–water partition coefficient (Wildman–Crippen LogP) is 3.05. The molecule has 0 spiro atoms. The first-order valence-corrected chi connectivity index (χ1v) is 9.15. The summed E-state index contributed by atoms with van der Waals surface area (Å²) in [5, 5.41) is 6.53. The highest BCUT2D eigenvalue weighted by atomic mass is 127. The smallest absolute Gasteiger partial charge is 0.191 e. The number of hydrogen-bond donors (Lipinski definition) is 2. The lowest BCUT2D eigenvalue weighted by Gasteiger charge is -2.13. The lowest BCUT2D eigenvalue weighted by molar-refractivity contribution is 0.0200. The van der Waals surface area contributed by atoms with Crippen LogP contribution in [0.15, 0.2) is 23.2 Å². The Labute approximate surface area is 173 Å². The fourth-order valence-electron chi connectivity index (χ4n) is 2.81. The Morgan fingerprint density at radius 1 is 1.38 bits per heavy atom. The maximum Gasteiger partial charge on any atom is 0.191 e. The molecule has 1 heterocycles. The van der Waals surface area contributed by atoms with Gasteiger partial charge in [-0.25, -0.2) is 4.39 Å². The molecule has 7 heteroatoms. The first-order valence-electron chi connectivity index (χ1n) is 9.15. The summed E-state index contributed by atoms with van der Waals surface area (Å²) in [7, 11) is 0. The molecule has 0 saturated carbocycles. The van der Waals surface area contributed by atoms with Crippen LogP contribution in [0.25, 0.3) is 0 Å². The molecule has 0 bridgehead atoms. The molecule has 1 unspecified atom stereocenters. The summed E-state index contributed by atoms with van der Waals surface area (Å²) in [6.07, 6.45) is 3.31. The zero-order valence-corrected chi connectivity index (χ0v) is 18.1. The van der Waals surface area contributed by atoms with Gasteiger partial charge < -0.3 is 20.1 Å². The largest absolute Gasteiger partial charge is 0.377 e. The minimum Gasteiger partial charge on any atom is -0.377 e. The molecule has 0 aliphatic carbocycles. The van der Waals surface area contributed by atoms with Crippen LogP contribution in [0.2, 0.25) is 0 Å². The van der Waals surface area contributed by atoms with Crippen molar-refractivity contribution in [2.45, 2.75) is 39.2 Å². The molecular weight excluding hydrogens is 448 g/mol. The van der Waals surface area contributed by atoms with Gasteiger partial charge >= 0.3 is 0 Å². The van der Waals surface area contributed by atoms with Crippen molar-refractivity contribution in [3.8, 4) is 0 Å². The normalized spacial score (nSPS) is 17.0. The van der Waals surface area contributed by atoms with Crippen molar-refractivity contribution >= 4 is 29.9 Å². The van der Waals surface area contributed by atoms with Crippen LogP contribution in [-0.2, 0) is 15.9 Å². The molecule has 1 fully saturated rings. The Kier molecular flexibility index (Phi) is 11.8. The highest BCUT2D eigenvalue weighted by Crippen LogP contribution is 2.12.